The number of aryl methyl sites for hydroxylation is 1. The predicted octanol–water partition coefficient (Wildman–Crippen LogP) is 2.60. The molecule has 0 aliphatic heterocycles. The Bertz CT molecular complexity index is 412. The summed E-state index contributed by atoms with van der Waals surface area (Å²) in [6.45, 7) is 1.90. The van der Waals surface area contributed by atoms with E-state index in [4.69, 9.17) is 0 Å². The molecule has 0 amide bonds. The maximum absolute atomic E-state index is 13.1. The third-order valence-electron chi connectivity index (χ3n) is 2.34. The number of Topliss-reactive ketones (excluding diaryl/α,β-unsaturated/α-hetero) is 2. The van der Waals surface area contributed by atoms with Gasteiger partial charge in [0.15, 0.2) is 0 Å². The number of rotatable bonds is 5. The van der Waals surface area contributed by atoms with Crippen LogP contribution in [0.15, 0.2) is 24.3 Å². The molecule has 1 aromatic carbocycles. The summed E-state index contributed by atoms with van der Waals surface area (Å²) in [5, 5.41) is 0. The first-order valence-corrected chi connectivity index (χ1v) is 5.06. The van der Waals surface area contributed by atoms with Crippen molar-refractivity contribution in [3.05, 3.63) is 35.4 Å². The molecule has 0 bridgehead atoms. The van der Waals surface area contributed by atoms with Crippen LogP contribution in [0.5, 0.6) is 0 Å². The minimum atomic E-state index is -3.47. The molecule has 2 nitrogen and oxygen atoms in total. The van der Waals surface area contributed by atoms with Crippen LogP contribution in [0.1, 0.15) is 22.8 Å². The van der Waals surface area contributed by atoms with Crippen LogP contribution in [0, 0.1) is 0 Å². The van der Waals surface area contributed by atoms with E-state index >= 15 is 0 Å². The Kier molecular flexibility index (Phi) is 4.43. The molecule has 1 rings (SSSR count). The number of halogens is 3. The van der Waals surface area contributed by atoms with Crippen LogP contribution < -0.4 is 0 Å². The van der Waals surface area contributed by atoms with E-state index in [0.29, 0.717) is 0 Å². The molecule has 1 atom stereocenters. The van der Waals surface area contributed by atoms with E-state index in [1.807, 2.05) is 6.92 Å². The van der Waals surface area contributed by atoms with Crippen molar-refractivity contribution in [2.24, 2.45) is 0 Å². The third kappa shape index (κ3) is 3.15. The first kappa shape index (κ1) is 13.4. The quantitative estimate of drug-likeness (QED) is 0.589. The second kappa shape index (κ2) is 5.61. The summed E-state index contributed by atoms with van der Waals surface area (Å²) in [7, 11) is 0. The smallest absolute Gasteiger partial charge is 0.290 e. The number of carbonyl (C=O) groups excluding carboxylic acids is 2. The summed E-state index contributed by atoms with van der Waals surface area (Å²) in [6.07, 6.45) is -5.52. The van der Waals surface area contributed by atoms with Gasteiger partial charge in [0.05, 0.1) is 0 Å². The fraction of sp³-hybridized carbons (Fsp3) is 0.333. The predicted molar refractivity (Wildman–Crippen MR) is 56.1 cm³/mol. The van der Waals surface area contributed by atoms with E-state index in [1.54, 1.807) is 12.1 Å². The Morgan fingerprint density at radius 1 is 1.12 bits per heavy atom. The zero-order valence-corrected chi connectivity index (χ0v) is 9.12. The number of alkyl halides is 3. The Hall–Kier alpha value is -1.65. The van der Waals surface area contributed by atoms with Gasteiger partial charge in [-0.2, -0.15) is 0 Å². The van der Waals surface area contributed by atoms with E-state index in [1.165, 1.54) is 12.1 Å². The lowest BCUT2D eigenvalue weighted by Gasteiger charge is -2.06. The summed E-state index contributed by atoms with van der Waals surface area (Å²) >= 11 is 0. The lowest BCUT2D eigenvalue weighted by Crippen LogP contribution is -2.30. The van der Waals surface area contributed by atoms with Gasteiger partial charge < -0.3 is 0 Å². The van der Waals surface area contributed by atoms with Crippen LogP contribution in [-0.2, 0) is 11.2 Å². The van der Waals surface area contributed by atoms with Crippen LogP contribution in [0.2, 0.25) is 0 Å². The summed E-state index contributed by atoms with van der Waals surface area (Å²) in [4.78, 5) is 22.0. The Morgan fingerprint density at radius 3 is 2.06 bits per heavy atom. The molecule has 0 aliphatic rings. The van der Waals surface area contributed by atoms with E-state index in [-0.39, 0.29) is 5.56 Å². The largest absolute Gasteiger partial charge is 0.299 e. The molecule has 0 spiro atoms. The van der Waals surface area contributed by atoms with E-state index in [9.17, 15) is 22.8 Å². The number of hydrogen-bond donors (Lipinski definition) is 0. The summed E-state index contributed by atoms with van der Waals surface area (Å²) in [6, 6.07) is 5.83. The van der Waals surface area contributed by atoms with E-state index in [0.717, 1.165) is 12.0 Å². The lowest BCUT2D eigenvalue weighted by molar-refractivity contribution is -0.132. The number of hydrogen-bond acceptors (Lipinski definition) is 2. The van der Waals surface area contributed by atoms with Crippen molar-refractivity contribution in [2.45, 2.75) is 25.9 Å². The third-order valence-corrected chi connectivity index (χ3v) is 2.34. The van der Waals surface area contributed by atoms with Gasteiger partial charge in [-0.1, -0.05) is 31.2 Å². The molecule has 0 heterocycles. The van der Waals surface area contributed by atoms with Crippen molar-refractivity contribution in [2.75, 3.05) is 0 Å². The van der Waals surface area contributed by atoms with Gasteiger partial charge in [0.1, 0.15) is 0 Å². The number of benzene rings is 1. The molecule has 0 saturated heterocycles. The molecule has 0 fully saturated rings. The highest BCUT2D eigenvalue weighted by molar-refractivity contribution is 6.13. The van der Waals surface area contributed by atoms with Crippen molar-refractivity contribution in [3.8, 4) is 0 Å². The van der Waals surface area contributed by atoms with Gasteiger partial charge in [0.25, 0.3) is 6.43 Å². The van der Waals surface area contributed by atoms with Crippen LogP contribution in [0.25, 0.3) is 0 Å². The molecule has 0 saturated carbocycles. The molecule has 92 valence electrons. The highest BCUT2D eigenvalue weighted by atomic mass is 19.3. The van der Waals surface area contributed by atoms with Crippen molar-refractivity contribution in [1.29, 1.82) is 0 Å². The second-order valence-corrected chi connectivity index (χ2v) is 3.48. The minimum Gasteiger partial charge on any atom is -0.290 e. The summed E-state index contributed by atoms with van der Waals surface area (Å²) < 4.78 is 37.0. The average molecular weight is 244 g/mol. The number of carbonyl (C=O) groups is 2. The fourth-order valence-electron chi connectivity index (χ4n) is 1.29. The first-order chi connectivity index (χ1) is 7.97. The lowest BCUT2D eigenvalue weighted by atomic mass is 10.0. The van der Waals surface area contributed by atoms with Gasteiger partial charge in [-0.05, 0) is 12.0 Å². The fourth-order valence-corrected chi connectivity index (χ4v) is 1.29. The number of ketones is 2. The zero-order valence-electron chi connectivity index (χ0n) is 9.12. The Labute approximate surface area is 96.4 Å². The van der Waals surface area contributed by atoms with Crippen LogP contribution >= 0.6 is 0 Å². The maximum Gasteiger partial charge on any atom is 0.299 e. The van der Waals surface area contributed by atoms with Gasteiger partial charge >= 0.3 is 0 Å². The molecule has 0 aromatic heterocycles. The van der Waals surface area contributed by atoms with E-state index < -0.39 is 24.2 Å². The topological polar surface area (TPSA) is 34.1 Å². The molecule has 0 aliphatic carbocycles. The Morgan fingerprint density at radius 2 is 1.65 bits per heavy atom. The van der Waals surface area contributed by atoms with Crippen molar-refractivity contribution >= 4 is 11.6 Å². The second-order valence-electron chi connectivity index (χ2n) is 3.48. The monoisotopic (exact) mass is 244 g/mol. The van der Waals surface area contributed by atoms with Crippen molar-refractivity contribution in [1.82, 2.24) is 0 Å². The van der Waals surface area contributed by atoms with Crippen LogP contribution in [0.3, 0.4) is 0 Å². The highest BCUT2D eigenvalue weighted by Crippen LogP contribution is 2.12. The normalized spacial score (nSPS) is 12.5. The van der Waals surface area contributed by atoms with Gasteiger partial charge in [-0.25, -0.2) is 13.2 Å². The SMILES string of the molecule is CCc1ccc(C(=O)C(F)C(=O)C(F)F)cc1. The maximum atomic E-state index is 13.1. The molecule has 5 heteroatoms. The van der Waals surface area contributed by atoms with Crippen LogP contribution in [-0.4, -0.2) is 24.2 Å². The van der Waals surface area contributed by atoms with Gasteiger partial charge in [-0.15, -0.1) is 0 Å². The highest BCUT2D eigenvalue weighted by Gasteiger charge is 2.33. The van der Waals surface area contributed by atoms with Gasteiger partial charge in [0.2, 0.25) is 17.7 Å². The molecule has 1 aromatic rings. The van der Waals surface area contributed by atoms with Gasteiger partial charge in [0, 0.05) is 5.56 Å². The minimum absolute atomic E-state index is 0.0799. The molecule has 1 unspecified atom stereocenters. The van der Waals surface area contributed by atoms with Gasteiger partial charge in [-0.3, -0.25) is 9.59 Å². The summed E-state index contributed by atoms with van der Waals surface area (Å²) in [5.41, 5.74) is 0.848. The molecule has 17 heavy (non-hydrogen) atoms. The molecular formula is C12H11F3O2. The van der Waals surface area contributed by atoms with Crippen molar-refractivity contribution in [3.63, 3.8) is 0 Å². The van der Waals surface area contributed by atoms with Crippen molar-refractivity contribution < 1.29 is 22.8 Å². The average Bonchev–Trinajstić information content (AvgIpc) is 2.36. The molecule has 0 N–H and O–H groups in total. The molecular weight excluding hydrogens is 233 g/mol. The Balaban J connectivity index is 2.85. The molecule has 0 radical (unpaired) electrons. The van der Waals surface area contributed by atoms with E-state index in [2.05, 4.69) is 0 Å². The summed E-state index contributed by atoms with van der Waals surface area (Å²) in [5.74, 6) is -3.22. The van der Waals surface area contributed by atoms with Crippen LogP contribution in [0.4, 0.5) is 13.2 Å². The zero-order chi connectivity index (χ0) is 13.0. The standard InChI is InChI=1S/C12H11F3O2/c1-2-7-3-5-8(6-4-7)10(16)9(13)11(17)12(14)15/h3-6,9,12H,2H2,1H3. The first-order valence-electron chi connectivity index (χ1n) is 5.06.